The highest BCUT2D eigenvalue weighted by atomic mass is 16.3. The van der Waals surface area contributed by atoms with Crippen LogP contribution in [0.15, 0.2) is 0 Å². The summed E-state index contributed by atoms with van der Waals surface area (Å²) in [7, 11) is 0. The van der Waals surface area contributed by atoms with Gasteiger partial charge in [-0.3, -0.25) is 9.69 Å². The summed E-state index contributed by atoms with van der Waals surface area (Å²) in [5.74, 6) is 0.195. The first kappa shape index (κ1) is 14.5. The van der Waals surface area contributed by atoms with E-state index in [0.717, 1.165) is 25.9 Å². The van der Waals surface area contributed by atoms with E-state index in [2.05, 4.69) is 0 Å². The van der Waals surface area contributed by atoms with E-state index < -0.39 is 5.60 Å². The number of carbonyl (C=O) groups is 1. The fourth-order valence-corrected chi connectivity index (χ4v) is 2.13. The number of aliphatic hydroxyl groups is 1. The quantitative estimate of drug-likeness (QED) is 0.727. The molecule has 1 saturated carbocycles. The van der Waals surface area contributed by atoms with Crippen LogP contribution in [-0.4, -0.2) is 58.6 Å². The Morgan fingerprint density at radius 3 is 2.24 bits per heavy atom. The van der Waals surface area contributed by atoms with Crippen LogP contribution in [0.3, 0.4) is 0 Å². The van der Waals surface area contributed by atoms with Gasteiger partial charge < -0.3 is 10.0 Å². The van der Waals surface area contributed by atoms with Crippen LogP contribution in [0, 0.1) is 0 Å². The van der Waals surface area contributed by atoms with Crippen LogP contribution < -0.4 is 0 Å². The number of amides is 1. The highest BCUT2D eigenvalue weighted by molar-refractivity contribution is 5.78. The average molecular weight is 242 g/mol. The first-order valence-electron chi connectivity index (χ1n) is 6.61. The van der Waals surface area contributed by atoms with Crippen molar-refractivity contribution in [2.24, 2.45) is 0 Å². The molecule has 0 saturated heterocycles. The number of hydrogen-bond donors (Lipinski definition) is 1. The zero-order valence-electron chi connectivity index (χ0n) is 11.6. The van der Waals surface area contributed by atoms with Crippen molar-refractivity contribution < 1.29 is 9.90 Å². The number of carbonyl (C=O) groups excluding carboxylic acids is 1. The Kier molecular flexibility index (Phi) is 4.95. The lowest BCUT2D eigenvalue weighted by atomic mass is 10.1. The van der Waals surface area contributed by atoms with Crippen LogP contribution in [0.1, 0.15) is 40.5 Å². The third-order valence-electron chi connectivity index (χ3n) is 3.07. The Hall–Kier alpha value is -0.610. The van der Waals surface area contributed by atoms with E-state index >= 15 is 0 Å². The molecule has 1 aliphatic rings. The maximum absolute atomic E-state index is 12.1. The van der Waals surface area contributed by atoms with Crippen molar-refractivity contribution in [2.75, 3.05) is 26.2 Å². The van der Waals surface area contributed by atoms with Crippen molar-refractivity contribution in [1.29, 1.82) is 0 Å². The van der Waals surface area contributed by atoms with Gasteiger partial charge in [0, 0.05) is 19.1 Å². The van der Waals surface area contributed by atoms with E-state index in [9.17, 15) is 9.90 Å². The predicted octanol–water partition coefficient (Wildman–Crippen LogP) is 1.09. The topological polar surface area (TPSA) is 43.8 Å². The molecule has 1 fully saturated rings. The maximum Gasteiger partial charge on any atom is 0.236 e. The van der Waals surface area contributed by atoms with E-state index in [1.54, 1.807) is 13.8 Å². The molecule has 0 bridgehead atoms. The van der Waals surface area contributed by atoms with Gasteiger partial charge in [-0.15, -0.1) is 0 Å². The van der Waals surface area contributed by atoms with Crippen LogP contribution in [0.25, 0.3) is 0 Å². The SMILES string of the molecule is CCN(CC(=O)N(CC)C1CC1)CC(C)(C)O. The van der Waals surface area contributed by atoms with Crippen molar-refractivity contribution in [3.05, 3.63) is 0 Å². The third kappa shape index (κ3) is 5.04. The van der Waals surface area contributed by atoms with Gasteiger partial charge in [-0.1, -0.05) is 6.92 Å². The normalized spacial score (nSPS) is 16.4. The second-order valence-electron chi connectivity index (χ2n) is 5.53. The summed E-state index contributed by atoms with van der Waals surface area (Å²) < 4.78 is 0. The summed E-state index contributed by atoms with van der Waals surface area (Å²) >= 11 is 0. The van der Waals surface area contributed by atoms with Gasteiger partial charge in [0.15, 0.2) is 0 Å². The van der Waals surface area contributed by atoms with Gasteiger partial charge in [-0.2, -0.15) is 0 Å². The Balaban J connectivity index is 2.46. The van der Waals surface area contributed by atoms with E-state index in [1.165, 1.54) is 0 Å². The predicted molar refractivity (Wildman–Crippen MR) is 68.8 cm³/mol. The van der Waals surface area contributed by atoms with Crippen molar-refractivity contribution in [3.8, 4) is 0 Å². The van der Waals surface area contributed by atoms with Crippen molar-refractivity contribution in [2.45, 2.75) is 52.2 Å². The van der Waals surface area contributed by atoms with E-state index in [4.69, 9.17) is 0 Å². The Morgan fingerprint density at radius 2 is 1.88 bits per heavy atom. The summed E-state index contributed by atoms with van der Waals surface area (Å²) in [5.41, 5.74) is -0.743. The zero-order chi connectivity index (χ0) is 13.1. The lowest BCUT2D eigenvalue weighted by molar-refractivity contribution is -0.133. The van der Waals surface area contributed by atoms with Gasteiger partial charge >= 0.3 is 0 Å². The molecule has 0 aromatic rings. The summed E-state index contributed by atoms with van der Waals surface area (Å²) in [6.07, 6.45) is 2.30. The van der Waals surface area contributed by atoms with Crippen LogP contribution in [0.4, 0.5) is 0 Å². The van der Waals surface area contributed by atoms with Gasteiger partial charge in [0.1, 0.15) is 0 Å². The van der Waals surface area contributed by atoms with Crippen molar-refractivity contribution in [1.82, 2.24) is 9.80 Å². The lowest BCUT2D eigenvalue weighted by Gasteiger charge is -2.30. The van der Waals surface area contributed by atoms with Gasteiger partial charge in [0.25, 0.3) is 0 Å². The third-order valence-corrected chi connectivity index (χ3v) is 3.07. The summed E-state index contributed by atoms with van der Waals surface area (Å²) in [4.78, 5) is 16.1. The molecule has 1 amide bonds. The Labute approximate surface area is 105 Å². The molecule has 0 radical (unpaired) electrons. The van der Waals surface area contributed by atoms with Crippen LogP contribution in [0.2, 0.25) is 0 Å². The average Bonchev–Trinajstić information content (AvgIpc) is 3.00. The number of rotatable bonds is 7. The molecule has 17 heavy (non-hydrogen) atoms. The molecule has 0 atom stereocenters. The molecule has 100 valence electrons. The van der Waals surface area contributed by atoms with Gasteiger partial charge in [0.05, 0.1) is 12.1 Å². The van der Waals surface area contributed by atoms with Crippen LogP contribution >= 0.6 is 0 Å². The molecule has 0 aromatic carbocycles. The molecule has 0 heterocycles. The molecule has 4 nitrogen and oxygen atoms in total. The fraction of sp³-hybridized carbons (Fsp3) is 0.923. The zero-order valence-corrected chi connectivity index (χ0v) is 11.6. The van der Waals surface area contributed by atoms with Crippen molar-refractivity contribution in [3.63, 3.8) is 0 Å². The highest BCUT2D eigenvalue weighted by Crippen LogP contribution is 2.26. The molecule has 1 aliphatic carbocycles. The standard InChI is InChI=1S/C13H26N2O2/c1-5-14(10-13(3,4)17)9-12(16)15(6-2)11-7-8-11/h11,17H,5-10H2,1-4H3. The molecule has 4 heteroatoms. The first-order chi connectivity index (χ1) is 7.87. The smallest absolute Gasteiger partial charge is 0.236 e. The molecular formula is C13H26N2O2. The number of nitrogens with zero attached hydrogens (tertiary/aromatic N) is 2. The molecular weight excluding hydrogens is 216 g/mol. The highest BCUT2D eigenvalue weighted by Gasteiger charge is 2.32. The second kappa shape index (κ2) is 5.83. The lowest BCUT2D eigenvalue weighted by Crippen LogP contribution is -2.45. The van der Waals surface area contributed by atoms with Gasteiger partial charge in [-0.25, -0.2) is 0 Å². The molecule has 1 rings (SSSR count). The Morgan fingerprint density at radius 1 is 1.29 bits per heavy atom. The summed E-state index contributed by atoms with van der Waals surface area (Å²) in [5, 5.41) is 9.78. The molecule has 0 unspecified atom stereocenters. The molecule has 0 aromatic heterocycles. The first-order valence-corrected chi connectivity index (χ1v) is 6.61. The number of hydrogen-bond acceptors (Lipinski definition) is 3. The van der Waals surface area contributed by atoms with Crippen LogP contribution in [0.5, 0.6) is 0 Å². The largest absolute Gasteiger partial charge is 0.389 e. The maximum atomic E-state index is 12.1. The monoisotopic (exact) mass is 242 g/mol. The second-order valence-corrected chi connectivity index (χ2v) is 5.53. The molecule has 0 aliphatic heterocycles. The summed E-state index contributed by atoms with van der Waals surface area (Å²) in [6.45, 7) is 10.1. The van der Waals surface area contributed by atoms with Crippen molar-refractivity contribution >= 4 is 5.91 Å². The minimum atomic E-state index is -0.743. The molecule has 1 N–H and O–H groups in total. The summed E-state index contributed by atoms with van der Waals surface area (Å²) in [6, 6.07) is 0.480. The minimum absolute atomic E-state index is 0.195. The van der Waals surface area contributed by atoms with Gasteiger partial charge in [0.2, 0.25) is 5.91 Å². The van der Waals surface area contributed by atoms with E-state index in [0.29, 0.717) is 19.1 Å². The van der Waals surface area contributed by atoms with E-state index in [-0.39, 0.29) is 5.91 Å². The fourth-order valence-electron chi connectivity index (χ4n) is 2.13. The number of likely N-dealkylation sites (N-methyl/N-ethyl adjacent to an activating group) is 2. The van der Waals surface area contributed by atoms with Crippen LogP contribution in [-0.2, 0) is 4.79 Å². The minimum Gasteiger partial charge on any atom is -0.389 e. The van der Waals surface area contributed by atoms with Gasteiger partial charge in [-0.05, 0) is 40.2 Å². The van der Waals surface area contributed by atoms with E-state index in [1.807, 2.05) is 23.6 Å². The Bertz CT molecular complexity index is 257. The molecule has 0 spiro atoms.